The number of fused-ring (bicyclic) bond motifs is 1. The predicted octanol–water partition coefficient (Wildman–Crippen LogP) is 3.64. The fourth-order valence-corrected chi connectivity index (χ4v) is 3.33. The first kappa shape index (κ1) is 15.6. The molecule has 4 rings (SSSR count). The minimum Gasteiger partial charge on any atom is -0.462 e. The minimum absolute atomic E-state index is 0.168. The Bertz CT molecular complexity index is 955. The molecule has 1 amide bonds. The number of hydrogen-bond donors (Lipinski definition) is 2. The zero-order chi connectivity index (χ0) is 17.1. The van der Waals surface area contributed by atoms with Crippen molar-refractivity contribution < 1.29 is 9.21 Å². The lowest BCUT2D eigenvalue weighted by molar-refractivity contribution is 0.0949. The van der Waals surface area contributed by atoms with Crippen molar-refractivity contribution in [3.63, 3.8) is 0 Å². The van der Waals surface area contributed by atoms with E-state index in [9.17, 15) is 4.79 Å². The van der Waals surface area contributed by atoms with Gasteiger partial charge in [0.1, 0.15) is 11.5 Å². The number of benzene rings is 1. The van der Waals surface area contributed by atoms with Crippen LogP contribution in [0.15, 0.2) is 52.5 Å². The summed E-state index contributed by atoms with van der Waals surface area (Å²) in [5.41, 5.74) is 2.42. The molecule has 3 heterocycles. The van der Waals surface area contributed by atoms with Crippen molar-refractivity contribution in [3.05, 3.63) is 59.6 Å². The van der Waals surface area contributed by atoms with Gasteiger partial charge in [0.05, 0.1) is 17.3 Å². The molecular weight excluding hydrogens is 336 g/mol. The lowest BCUT2D eigenvalue weighted by atomic mass is 10.3. The van der Waals surface area contributed by atoms with Crippen molar-refractivity contribution in [1.82, 2.24) is 20.3 Å². The summed E-state index contributed by atoms with van der Waals surface area (Å²) in [6, 6.07) is 11.6. The molecule has 0 bridgehead atoms. The van der Waals surface area contributed by atoms with Gasteiger partial charge in [0.2, 0.25) is 0 Å². The summed E-state index contributed by atoms with van der Waals surface area (Å²) >= 11 is 1.39. The van der Waals surface area contributed by atoms with Crippen LogP contribution in [-0.2, 0) is 6.42 Å². The normalized spacial score (nSPS) is 11.0. The van der Waals surface area contributed by atoms with Crippen molar-refractivity contribution in [2.45, 2.75) is 12.8 Å². The number of amides is 1. The molecule has 0 unspecified atom stereocenters. The van der Waals surface area contributed by atoms with Gasteiger partial charge < -0.3 is 14.7 Å². The fraction of sp³-hybridized carbons (Fsp3) is 0.167. The summed E-state index contributed by atoms with van der Waals surface area (Å²) in [5, 5.41) is 5.34. The first-order valence-corrected chi connectivity index (χ1v) is 8.89. The van der Waals surface area contributed by atoms with Crippen LogP contribution in [0.4, 0.5) is 0 Å². The predicted molar refractivity (Wildman–Crippen MR) is 96.6 cm³/mol. The maximum atomic E-state index is 12.2. The highest BCUT2D eigenvalue weighted by molar-refractivity contribution is 7.13. The molecule has 0 atom stereocenters. The number of imidazole rings is 1. The van der Waals surface area contributed by atoms with Gasteiger partial charge in [-0.05, 0) is 30.7 Å². The molecular formula is C18H16N4O2S. The van der Waals surface area contributed by atoms with E-state index in [4.69, 9.17) is 4.42 Å². The summed E-state index contributed by atoms with van der Waals surface area (Å²) in [7, 11) is 0. The molecule has 25 heavy (non-hydrogen) atoms. The molecule has 3 aromatic heterocycles. The molecule has 0 spiro atoms. The van der Waals surface area contributed by atoms with Crippen LogP contribution >= 0.6 is 11.3 Å². The molecule has 4 aromatic rings. The third kappa shape index (κ3) is 3.46. The van der Waals surface area contributed by atoms with Crippen LogP contribution < -0.4 is 5.32 Å². The molecule has 1 aromatic carbocycles. The Balaban J connectivity index is 1.29. The average Bonchev–Trinajstić information content (AvgIpc) is 3.37. The van der Waals surface area contributed by atoms with Gasteiger partial charge in [-0.25, -0.2) is 9.97 Å². The molecule has 7 heteroatoms. The van der Waals surface area contributed by atoms with E-state index in [-0.39, 0.29) is 5.91 Å². The molecule has 0 saturated heterocycles. The zero-order valence-corrected chi connectivity index (χ0v) is 14.2. The number of para-hydroxylation sites is 2. The lowest BCUT2D eigenvalue weighted by Crippen LogP contribution is -2.25. The largest absolute Gasteiger partial charge is 0.462 e. The van der Waals surface area contributed by atoms with Crippen molar-refractivity contribution in [3.8, 4) is 10.8 Å². The van der Waals surface area contributed by atoms with Crippen LogP contribution in [0.1, 0.15) is 22.7 Å². The van der Waals surface area contributed by atoms with Gasteiger partial charge in [-0.2, -0.15) is 0 Å². The Morgan fingerprint density at radius 1 is 1.20 bits per heavy atom. The van der Waals surface area contributed by atoms with Gasteiger partial charge in [-0.3, -0.25) is 4.79 Å². The molecule has 0 aliphatic carbocycles. The molecule has 0 saturated carbocycles. The quantitative estimate of drug-likeness (QED) is 0.519. The Morgan fingerprint density at radius 3 is 2.96 bits per heavy atom. The second-order valence-electron chi connectivity index (χ2n) is 5.58. The SMILES string of the molecule is O=C(NCCCc1nc2ccccc2[nH]1)c1csc(-c2ccco2)n1. The van der Waals surface area contributed by atoms with Crippen LogP contribution in [-0.4, -0.2) is 27.4 Å². The number of furan rings is 1. The summed E-state index contributed by atoms with van der Waals surface area (Å²) in [4.78, 5) is 24.3. The molecule has 126 valence electrons. The van der Waals surface area contributed by atoms with Gasteiger partial charge in [-0.1, -0.05) is 12.1 Å². The van der Waals surface area contributed by atoms with Crippen molar-refractivity contribution >= 4 is 28.3 Å². The Hall–Kier alpha value is -2.93. The number of thiazole rings is 1. The summed E-state index contributed by atoms with van der Waals surface area (Å²) in [6.45, 7) is 0.573. The van der Waals surface area contributed by atoms with E-state index in [0.717, 1.165) is 29.7 Å². The first-order chi connectivity index (χ1) is 12.3. The van der Waals surface area contributed by atoms with E-state index in [1.807, 2.05) is 30.3 Å². The first-order valence-electron chi connectivity index (χ1n) is 8.01. The van der Waals surface area contributed by atoms with Crippen LogP contribution in [0.25, 0.3) is 21.8 Å². The third-order valence-electron chi connectivity index (χ3n) is 3.78. The van der Waals surface area contributed by atoms with E-state index in [2.05, 4.69) is 20.3 Å². The molecule has 0 aliphatic rings. The minimum atomic E-state index is -0.168. The third-order valence-corrected chi connectivity index (χ3v) is 4.64. The van der Waals surface area contributed by atoms with E-state index in [1.165, 1.54) is 11.3 Å². The fourth-order valence-electron chi connectivity index (χ4n) is 2.56. The number of nitrogens with zero attached hydrogens (tertiary/aromatic N) is 2. The monoisotopic (exact) mass is 352 g/mol. The van der Waals surface area contributed by atoms with Crippen molar-refractivity contribution in [1.29, 1.82) is 0 Å². The summed E-state index contributed by atoms with van der Waals surface area (Å²) < 4.78 is 5.29. The highest BCUT2D eigenvalue weighted by Crippen LogP contribution is 2.23. The van der Waals surface area contributed by atoms with Gasteiger partial charge in [0, 0.05) is 18.3 Å². The number of aromatic nitrogens is 3. The Labute approximate surface area is 147 Å². The highest BCUT2D eigenvalue weighted by atomic mass is 32.1. The van der Waals surface area contributed by atoms with E-state index < -0.39 is 0 Å². The number of carbonyl (C=O) groups is 1. The molecule has 2 N–H and O–H groups in total. The van der Waals surface area contributed by atoms with E-state index >= 15 is 0 Å². The van der Waals surface area contributed by atoms with Gasteiger partial charge in [0.25, 0.3) is 5.91 Å². The molecule has 0 fully saturated rings. The second kappa shape index (κ2) is 6.90. The average molecular weight is 352 g/mol. The number of hydrogen-bond acceptors (Lipinski definition) is 5. The maximum absolute atomic E-state index is 12.2. The number of aryl methyl sites for hydroxylation is 1. The van der Waals surface area contributed by atoms with E-state index in [0.29, 0.717) is 23.0 Å². The van der Waals surface area contributed by atoms with Crippen LogP contribution in [0.5, 0.6) is 0 Å². The number of nitrogens with one attached hydrogen (secondary N) is 2. The molecule has 0 radical (unpaired) electrons. The van der Waals surface area contributed by atoms with Crippen molar-refractivity contribution in [2.75, 3.05) is 6.54 Å². The highest BCUT2D eigenvalue weighted by Gasteiger charge is 2.12. The van der Waals surface area contributed by atoms with Crippen LogP contribution in [0, 0.1) is 0 Å². The second-order valence-corrected chi connectivity index (χ2v) is 6.43. The van der Waals surface area contributed by atoms with E-state index in [1.54, 1.807) is 17.7 Å². The molecule has 0 aliphatic heterocycles. The smallest absolute Gasteiger partial charge is 0.270 e. The van der Waals surface area contributed by atoms with Gasteiger partial charge in [-0.15, -0.1) is 11.3 Å². The summed E-state index contributed by atoms with van der Waals surface area (Å²) in [5.74, 6) is 1.44. The lowest BCUT2D eigenvalue weighted by Gasteiger charge is -2.01. The number of rotatable bonds is 6. The van der Waals surface area contributed by atoms with Crippen LogP contribution in [0.2, 0.25) is 0 Å². The van der Waals surface area contributed by atoms with Gasteiger partial charge in [0.15, 0.2) is 10.8 Å². The topological polar surface area (TPSA) is 83.8 Å². The zero-order valence-electron chi connectivity index (χ0n) is 13.4. The van der Waals surface area contributed by atoms with Crippen molar-refractivity contribution in [2.24, 2.45) is 0 Å². The number of carbonyl (C=O) groups excluding carboxylic acids is 1. The Morgan fingerprint density at radius 2 is 2.12 bits per heavy atom. The standard InChI is InChI=1S/C18H16N4O2S/c23-17(14-11-25-18(22-14)15-7-4-10-24-15)19-9-3-8-16-20-12-5-1-2-6-13(12)21-16/h1-2,4-7,10-11H,3,8-9H2,(H,19,23)(H,20,21). The van der Waals surface area contributed by atoms with Crippen LogP contribution in [0.3, 0.4) is 0 Å². The Kier molecular flexibility index (Phi) is 4.30. The number of aromatic amines is 1. The summed E-state index contributed by atoms with van der Waals surface area (Å²) in [6.07, 6.45) is 3.18. The van der Waals surface area contributed by atoms with Gasteiger partial charge >= 0.3 is 0 Å². The molecule has 6 nitrogen and oxygen atoms in total. The maximum Gasteiger partial charge on any atom is 0.270 e. The number of H-pyrrole nitrogens is 1.